The maximum Gasteiger partial charge on any atom is 0.272 e. The van der Waals surface area contributed by atoms with Gasteiger partial charge in [0.25, 0.3) is 6.43 Å². The van der Waals surface area contributed by atoms with Crippen molar-refractivity contribution < 1.29 is 17.9 Å². The Hall–Kier alpha value is -1.23. The van der Waals surface area contributed by atoms with E-state index in [4.69, 9.17) is 0 Å². The molecular weight excluding hydrogens is 207 g/mol. The Morgan fingerprint density at radius 3 is 2.67 bits per heavy atom. The molecule has 15 heavy (non-hydrogen) atoms. The van der Waals surface area contributed by atoms with Gasteiger partial charge in [-0.2, -0.15) is 0 Å². The van der Waals surface area contributed by atoms with E-state index in [1.54, 1.807) is 13.1 Å². The van der Waals surface area contributed by atoms with Crippen molar-refractivity contribution in [1.29, 1.82) is 0 Å². The maximum atomic E-state index is 13.2. The summed E-state index contributed by atoms with van der Waals surface area (Å²) in [7, 11) is 1.74. The van der Waals surface area contributed by atoms with E-state index in [0.717, 1.165) is 5.56 Å². The molecule has 0 saturated carbocycles. The second kappa shape index (κ2) is 5.60. The van der Waals surface area contributed by atoms with Crippen LogP contribution in [0.4, 0.5) is 13.2 Å². The molecule has 1 aromatic rings. The lowest BCUT2D eigenvalue weighted by Gasteiger charge is -2.07. The van der Waals surface area contributed by atoms with Crippen LogP contribution in [0.1, 0.15) is 5.56 Å². The van der Waals surface area contributed by atoms with Gasteiger partial charge in [-0.05, 0) is 24.7 Å². The van der Waals surface area contributed by atoms with Crippen molar-refractivity contribution in [3.05, 3.63) is 29.6 Å². The highest BCUT2D eigenvalue weighted by atomic mass is 19.3. The molecule has 1 rings (SSSR count). The van der Waals surface area contributed by atoms with Gasteiger partial charge in [-0.3, -0.25) is 0 Å². The lowest BCUT2D eigenvalue weighted by atomic mass is 10.2. The van der Waals surface area contributed by atoms with Gasteiger partial charge in [0, 0.05) is 6.54 Å². The Labute approximate surface area is 86.1 Å². The van der Waals surface area contributed by atoms with Crippen molar-refractivity contribution in [3.63, 3.8) is 0 Å². The molecule has 0 radical (unpaired) electrons. The molecule has 1 N–H and O–H groups in total. The molecule has 0 fully saturated rings. The highest BCUT2D eigenvalue weighted by Gasteiger charge is 2.08. The average molecular weight is 219 g/mol. The molecule has 2 nitrogen and oxygen atoms in total. The smallest absolute Gasteiger partial charge is 0.272 e. The molecule has 5 heteroatoms. The number of nitrogens with one attached hydrogen (secondary N) is 1. The minimum Gasteiger partial charge on any atom is -0.485 e. The number of rotatable bonds is 5. The SMILES string of the molecule is CNCc1ccc(OCC(F)F)c(F)c1. The van der Waals surface area contributed by atoms with Crippen LogP contribution in [0.15, 0.2) is 18.2 Å². The van der Waals surface area contributed by atoms with Crippen LogP contribution in [0.3, 0.4) is 0 Å². The summed E-state index contributed by atoms with van der Waals surface area (Å²) in [6.45, 7) is -0.270. The zero-order valence-corrected chi connectivity index (χ0v) is 8.27. The molecule has 84 valence electrons. The number of hydrogen-bond acceptors (Lipinski definition) is 2. The summed E-state index contributed by atoms with van der Waals surface area (Å²) in [5, 5.41) is 2.85. The Bertz CT molecular complexity index is 318. The summed E-state index contributed by atoms with van der Waals surface area (Å²) >= 11 is 0. The first-order valence-corrected chi connectivity index (χ1v) is 4.47. The van der Waals surface area contributed by atoms with Crippen LogP contribution in [0.5, 0.6) is 5.75 Å². The minimum absolute atomic E-state index is 0.143. The number of ether oxygens (including phenoxy) is 1. The van der Waals surface area contributed by atoms with E-state index < -0.39 is 18.8 Å². The third kappa shape index (κ3) is 3.79. The fourth-order valence-electron chi connectivity index (χ4n) is 1.13. The first-order chi connectivity index (χ1) is 7.13. The van der Waals surface area contributed by atoms with Crippen molar-refractivity contribution >= 4 is 0 Å². The fraction of sp³-hybridized carbons (Fsp3) is 0.400. The Morgan fingerprint density at radius 1 is 1.40 bits per heavy atom. The predicted octanol–water partition coefficient (Wildman–Crippen LogP) is 2.19. The van der Waals surface area contributed by atoms with Gasteiger partial charge < -0.3 is 10.1 Å². The van der Waals surface area contributed by atoms with E-state index in [1.165, 1.54) is 12.1 Å². The average Bonchev–Trinajstić information content (AvgIpc) is 2.17. The summed E-state index contributed by atoms with van der Waals surface area (Å²) in [5.41, 5.74) is 0.736. The summed E-state index contributed by atoms with van der Waals surface area (Å²) in [5.74, 6) is -0.765. The van der Waals surface area contributed by atoms with Crippen LogP contribution in [0.25, 0.3) is 0 Å². The van der Waals surface area contributed by atoms with E-state index in [0.29, 0.717) is 6.54 Å². The first kappa shape index (κ1) is 11.8. The Morgan fingerprint density at radius 2 is 2.13 bits per heavy atom. The van der Waals surface area contributed by atoms with Gasteiger partial charge in [0.05, 0.1) is 0 Å². The lowest BCUT2D eigenvalue weighted by molar-refractivity contribution is 0.0799. The molecule has 0 atom stereocenters. The first-order valence-electron chi connectivity index (χ1n) is 4.47. The highest BCUT2D eigenvalue weighted by molar-refractivity contribution is 5.29. The fourth-order valence-corrected chi connectivity index (χ4v) is 1.13. The van der Waals surface area contributed by atoms with Crippen LogP contribution in [0.2, 0.25) is 0 Å². The highest BCUT2D eigenvalue weighted by Crippen LogP contribution is 2.18. The van der Waals surface area contributed by atoms with Gasteiger partial charge >= 0.3 is 0 Å². The van der Waals surface area contributed by atoms with Gasteiger partial charge in [-0.1, -0.05) is 6.07 Å². The number of alkyl halides is 2. The van der Waals surface area contributed by atoms with Crippen molar-refractivity contribution in [2.24, 2.45) is 0 Å². The summed E-state index contributed by atoms with van der Waals surface area (Å²) in [6, 6.07) is 4.24. The molecule has 0 saturated heterocycles. The van der Waals surface area contributed by atoms with Crippen molar-refractivity contribution in [2.45, 2.75) is 13.0 Å². The van der Waals surface area contributed by atoms with Crippen molar-refractivity contribution in [3.8, 4) is 5.75 Å². The van der Waals surface area contributed by atoms with E-state index in [1.807, 2.05) is 0 Å². The molecule has 0 aliphatic heterocycles. The van der Waals surface area contributed by atoms with E-state index in [9.17, 15) is 13.2 Å². The second-order valence-corrected chi connectivity index (χ2v) is 3.00. The molecule has 0 bridgehead atoms. The van der Waals surface area contributed by atoms with Gasteiger partial charge in [0.15, 0.2) is 11.6 Å². The third-order valence-corrected chi connectivity index (χ3v) is 1.74. The van der Waals surface area contributed by atoms with Gasteiger partial charge in [0.2, 0.25) is 0 Å². The Balaban J connectivity index is 2.66. The van der Waals surface area contributed by atoms with Crippen molar-refractivity contribution in [1.82, 2.24) is 5.32 Å². The van der Waals surface area contributed by atoms with Crippen LogP contribution in [-0.2, 0) is 6.54 Å². The number of benzene rings is 1. The largest absolute Gasteiger partial charge is 0.485 e. The quantitative estimate of drug-likeness (QED) is 0.819. The van der Waals surface area contributed by atoms with E-state index in [-0.39, 0.29) is 5.75 Å². The summed E-state index contributed by atoms with van der Waals surface area (Å²) in [6.07, 6.45) is -2.60. The van der Waals surface area contributed by atoms with Crippen molar-refractivity contribution in [2.75, 3.05) is 13.7 Å². The van der Waals surface area contributed by atoms with Gasteiger partial charge in [0.1, 0.15) is 6.61 Å². The molecule has 1 aromatic carbocycles. The third-order valence-electron chi connectivity index (χ3n) is 1.74. The molecule has 0 aromatic heterocycles. The number of hydrogen-bond donors (Lipinski definition) is 1. The summed E-state index contributed by atoms with van der Waals surface area (Å²) < 4.78 is 41.4. The van der Waals surface area contributed by atoms with E-state index >= 15 is 0 Å². The van der Waals surface area contributed by atoms with Crippen LogP contribution < -0.4 is 10.1 Å². The lowest BCUT2D eigenvalue weighted by Crippen LogP contribution is -2.09. The van der Waals surface area contributed by atoms with Crippen LogP contribution in [0, 0.1) is 5.82 Å². The topological polar surface area (TPSA) is 21.3 Å². The van der Waals surface area contributed by atoms with Crippen LogP contribution in [-0.4, -0.2) is 20.1 Å². The normalized spacial score (nSPS) is 10.7. The van der Waals surface area contributed by atoms with E-state index in [2.05, 4.69) is 10.1 Å². The predicted molar refractivity (Wildman–Crippen MR) is 50.7 cm³/mol. The molecule has 0 spiro atoms. The number of halogens is 3. The zero-order valence-electron chi connectivity index (χ0n) is 8.27. The standard InChI is InChI=1S/C10H12F3NO/c1-14-5-7-2-3-9(8(11)4-7)15-6-10(12)13/h2-4,10,14H,5-6H2,1H3. The summed E-state index contributed by atoms with van der Waals surface area (Å²) in [4.78, 5) is 0. The zero-order chi connectivity index (χ0) is 11.3. The molecule has 0 heterocycles. The molecule has 0 aliphatic carbocycles. The van der Waals surface area contributed by atoms with Crippen LogP contribution >= 0.6 is 0 Å². The molecule has 0 unspecified atom stereocenters. The minimum atomic E-state index is -2.60. The maximum absolute atomic E-state index is 13.2. The Kier molecular flexibility index (Phi) is 4.42. The van der Waals surface area contributed by atoms with Gasteiger partial charge in [-0.25, -0.2) is 13.2 Å². The molecule has 0 amide bonds. The second-order valence-electron chi connectivity index (χ2n) is 3.00. The molecular formula is C10H12F3NO. The van der Waals surface area contributed by atoms with Gasteiger partial charge in [-0.15, -0.1) is 0 Å². The monoisotopic (exact) mass is 219 g/mol. The molecule has 0 aliphatic rings.